The van der Waals surface area contributed by atoms with Crippen molar-refractivity contribution in [3.05, 3.63) is 78.1 Å². The molecule has 9 nitrogen and oxygen atoms in total. The predicted octanol–water partition coefficient (Wildman–Crippen LogP) is 2.34. The minimum Gasteiger partial charge on any atom is -0.382 e. The number of para-hydroxylation sites is 1. The quantitative estimate of drug-likeness (QED) is 0.225. The number of aromatic nitrogens is 2. The third-order valence-electron chi connectivity index (χ3n) is 4.95. The molecule has 7 N–H and O–H groups in total. The van der Waals surface area contributed by atoms with Crippen LogP contribution in [0.1, 0.15) is 11.3 Å². The van der Waals surface area contributed by atoms with Gasteiger partial charge in [0.1, 0.15) is 11.7 Å². The van der Waals surface area contributed by atoms with E-state index < -0.39 is 10.0 Å². The zero-order valence-corrected chi connectivity index (χ0v) is 17.6. The summed E-state index contributed by atoms with van der Waals surface area (Å²) in [5, 5.41) is 16.7. The summed E-state index contributed by atoms with van der Waals surface area (Å²) in [6.07, 6.45) is 1.44. The number of pyridine rings is 1. The van der Waals surface area contributed by atoms with Gasteiger partial charge in [0.2, 0.25) is 15.9 Å². The molecule has 4 rings (SSSR count). The van der Waals surface area contributed by atoms with Crippen molar-refractivity contribution < 1.29 is 13.2 Å². The fourth-order valence-electron chi connectivity index (χ4n) is 3.58. The molecule has 0 saturated carbocycles. The number of sulfonamides is 1. The number of nitrogen functional groups attached to an aromatic ring is 1. The van der Waals surface area contributed by atoms with Gasteiger partial charge in [-0.1, -0.05) is 36.4 Å². The lowest BCUT2D eigenvalue weighted by Crippen LogP contribution is -2.19. The van der Waals surface area contributed by atoms with Crippen molar-refractivity contribution in [2.75, 3.05) is 5.32 Å². The first-order chi connectivity index (χ1) is 15.2. The number of H-pyrrole nitrogens is 1. The number of rotatable bonds is 6. The number of hydrogen-bond donors (Lipinski definition) is 5. The summed E-state index contributed by atoms with van der Waals surface area (Å²) in [5.41, 5.74) is 8.42. The van der Waals surface area contributed by atoms with Gasteiger partial charge in [-0.05, 0) is 35.4 Å². The Hall–Kier alpha value is -4.02. The second-order valence-corrected chi connectivity index (χ2v) is 8.66. The van der Waals surface area contributed by atoms with Crippen LogP contribution in [0.25, 0.3) is 22.0 Å². The van der Waals surface area contributed by atoms with Gasteiger partial charge in [-0.15, -0.1) is 0 Å². The van der Waals surface area contributed by atoms with Gasteiger partial charge in [-0.2, -0.15) is 0 Å². The van der Waals surface area contributed by atoms with E-state index in [2.05, 4.69) is 15.3 Å². The maximum Gasteiger partial charge on any atom is 0.238 e. The fourth-order valence-corrected chi connectivity index (χ4v) is 4.34. The summed E-state index contributed by atoms with van der Waals surface area (Å²) in [6, 6.07) is 16.9. The average molecular weight is 449 g/mol. The number of nitrogens with one attached hydrogen (secondary N) is 3. The summed E-state index contributed by atoms with van der Waals surface area (Å²) < 4.78 is 23.8. The van der Waals surface area contributed by atoms with E-state index in [0.29, 0.717) is 22.4 Å². The SMILES string of the molecule is N=C(N)c1[nH]c2ccccc2c1CC(=O)Nc1cc(-c2ccccc2S(N)(=O)=O)ccn1. The zero-order valence-electron chi connectivity index (χ0n) is 16.8. The number of fused-ring (bicyclic) bond motifs is 1. The lowest BCUT2D eigenvalue weighted by molar-refractivity contribution is -0.115. The molecule has 32 heavy (non-hydrogen) atoms. The van der Waals surface area contributed by atoms with E-state index in [0.717, 1.165) is 10.9 Å². The third kappa shape index (κ3) is 4.22. The molecule has 2 heterocycles. The molecule has 10 heteroatoms. The molecule has 0 radical (unpaired) electrons. The molecule has 0 fully saturated rings. The highest BCUT2D eigenvalue weighted by Crippen LogP contribution is 2.28. The Morgan fingerprint density at radius 2 is 1.81 bits per heavy atom. The van der Waals surface area contributed by atoms with E-state index >= 15 is 0 Å². The molecule has 2 aromatic carbocycles. The summed E-state index contributed by atoms with van der Waals surface area (Å²) in [7, 11) is -3.93. The van der Waals surface area contributed by atoms with E-state index in [4.69, 9.17) is 16.3 Å². The van der Waals surface area contributed by atoms with Gasteiger partial charge in [0.15, 0.2) is 0 Å². The van der Waals surface area contributed by atoms with Gasteiger partial charge < -0.3 is 16.0 Å². The molecule has 0 aliphatic rings. The van der Waals surface area contributed by atoms with Crippen molar-refractivity contribution in [1.29, 1.82) is 5.41 Å². The first-order valence-corrected chi connectivity index (χ1v) is 11.1. The van der Waals surface area contributed by atoms with E-state index in [1.54, 1.807) is 30.3 Å². The van der Waals surface area contributed by atoms with Crippen LogP contribution < -0.4 is 16.2 Å². The van der Waals surface area contributed by atoms with Crippen LogP contribution in [-0.2, 0) is 21.2 Å². The van der Waals surface area contributed by atoms with Crippen molar-refractivity contribution in [2.45, 2.75) is 11.3 Å². The maximum atomic E-state index is 12.8. The molecule has 0 aliphatic carbocycles. The molecule has 0 aliphatic heterocycles. The lowest BCUT2D eigenvalue weighted by Gasteiger charge is -2.10. The Morgan fingerprint density at radius 3 is 2.56 bits per heavy atom. The van der Waals surface area contributed by atoms with Crippen LogP contribution in [0.15, 0.2) is 71.8 Å². The normalized spacial score (nSPS) is 11.4. The number of nitrogens with zero attached hydrogens (tertiary/aromatic N) is 1. The topological polar surface area (TPSA) is 168 Å². The Kier molecular flexibility index (Phi) is 5.47. The predicted molar refractivity (Wildman–Crippen MR) is 123 cm³/mol. The average Bonchev–Trinajstić information content (AvgIpc) is 3.12. The molecule has 162 valence electrons. The second kappa shape index (κ2) is 8.25. The number of amidine groups is 1. The largest absolute Gasteiger partial charge is 0.382 e. The number of carbonyl (C=O) groups excluding carboxylic acids is 1. The van der Waals surface area contributed by atoms with Crippen LogP contribution >= 0.6 is 0 Å². The highest BCUT2D eigenvalue weighted by atomic mass is 32.2. The molecule has 0 bridgehead atoms. The fraction of sp³-hybridized carbons (Fsp3) is 0.0455. The molecule has 1 amide bonds. The first-order valence-electron chi connectivity index (χ1n) is 9.56. The van der Waals surface area contributed by atoms with Gasteiger partial charge in [-0.3, -0.25) is 10.2 Å². The van der Waals surface area contributed by atoms with Gasteiger partial charge in [0.05, 0.1) is 17.0 Å². The Labute approximate surface area is 184 Å². The Balaban J connectivity index is 1.63. The van der Waals surface area contributed by atoms with Gasteiger partial charge in [-0.25, -0.2) is 18.5 Å². The van der Waals surface area contributed by atoms with E-state index in [1.807, 2.05) is 24.3 Å². The van der Waals surface area contributed by atoms with E-state index in [1.165, 1.54) is 12.3 Å². The highest BCUT2D eigenvalue weighted by Gasteiger charge is 2.18. The van der Waals surface area contributed by atoms with Crippen molar-refractivity contribution in [3.63, 3.8) is 0 Å². The van der Waals surface area contributed by atoms with Crippen molar-refractivity contribution in [3.8, 4) is 11.1 Å². The lowest BCUT2D eigenvalue weighted by atomic mass is 10.1. The minimum absolute atomic E-state index is 0.0200. The summed E-state index contributed by atoms with van der Waals surface area (Å²) in [6.45, 7) is 0. The first kappa shape index (κ1) is 21.2. The van der Waals surface area contributed by atoms with Crippen LogP contribution in [0.3, 0.4) is 0 Å². The molecule has 2 aromatic heterocycles. The number of nitrogens with two attached hydrogens (primary N) is 2. The van der Waals surface area contributed by atoms with Crippen LogP contribution in [0, 0.1) is 5.41 Å². The number of amides is 1. The number of primary sulfonamides is 1. The van der Waals surface area contributed by atoms with Crippen LogP contribution in [0.5, 0.6) is 0 Å². The summed E-state index contributed by atoms with van der Waals surface area (Å²) in [5.74, 6) is -0.272. The maximum absolute atomic E-state index is 12.8. The van der Waals surface area contributed by atoms with Crippen molar-refractivity contribution >= 4 is 38.5 Å². The number of aromatic amines is 1. The molecular weight excluding hydrogens is 428 g/mol. The van der Waals surface area contributed by atoms with Crippen molar-refractivity contribution in [1.82, 2.24) is 9.97 Å². The minimum atomic E-state index is -3.93. The van der Waals surface area contributed by atoms with Crippen LogP contribution in [0.4, 0.5) is 5.82 Å². The van der Waals surface area contributed by atoms with Gasteiger partial charge in [0, 0.05) is 22.7 Å². The summed E-state index contributed by atoms with van der Waals surface area (Å²) >= 11 is 0. The monoisotopic (exact) mass is 448 g/mol. The Morgan fingerprint density at radius 1 is 1.09 bits per heavy atom. The number of benzene rings is 2. The molecule has 0 atom stereocenters. The van der Waals surface area contributed by atoms with Gasteiger partial charge >= 0.3 is 0 Å². The standard InChI is InChI=1S/C22H20N6O3S/c23-22(24)21-16(15-6-1-3-7-17(15)27-21)12-20(29)28-19-11-13(9-10-26-19)14-5-2-4-8-18(14)32(25,30)31/h1-11,27H,12H2,(H3,23,24)(H2,25,30,31)(H,26,28,29). The molecule has 0 unspecified atom stereocenters. The second-order valence-electron chi connectivity index (χ2n) is 7.13. The van der Waals surface area contributed by atoms with Crippen LogP contribution in [-0.4, -0.2) is 30.1 Å². The van der Waals surface area contributed by atoms with Crippen molar-refractivity contribution in [2.24, 2.45) is 10.9 Å². The molecule has 0 spiro atoms. The molecular formula is C22H20N6O3S. The number of carbonyl (C=O) groups is 1. The molecule has 0 saturated heterocycles. The zero-order chi connectivity index (χ0) is 22.9. The van der Waals surface area contributed by atoms with Crippen LogP contribution in [0.2, 0.25) is 0 Å². The Bertz CT molecular complexity index is 1460. The number of anilines is 1. The van der Waals surface area contributed by atoms with Gasteiger partial charge in [0.25, 0.3) is 0 Å². The molecule has 4 aromatic rings. The smallest absolute Gasteiger partial charge is 0.238 e. The third-order valence-corrected chi connectivity index (χ3v) is 5.92. The number of hydrogen-bond acceptors (Lipinski definition) is 5. The van der Waals surface area contributed by atoms with E-state index in [-0.39, 0.29) is 28.9 Å². The van der Waals surface area contributed by atoms with E-state index in [9.17, 15) is 13.2 Å². The highest BCUT2D eigenvalue weighted by molar-refractivity contribution is 7.89. The summed E-state index contributed by atoms with van der Waals surface area (Å²) in [4.78, 5) is 20.0.